The normalized spacial score (nSPS) is 20.1. The Morgan fingerprint density at radius 2 is 0.698 bits per heavy atom. The third kappa shape index (κ3) is 22.9. The number of amides is 3. The average molecular weight is 1800 g/mol. The van der Waals surface area contributed by atoms with E-state index in [2.05, 4.69) is 84.2 Å². The standard InChI is InChI=1S/C31H36F5N7O.C31H36F4N6O2.C30H34F4N6O2/c1-19(2)41-9-11-42(12-10-41)30-37-16-21(17-38-30)24-14-27(28(15-26(24)33)43-8-7-40(4)20(3)18-43)39-29(44)23-6-5-22(32)13-25(23)31(34,35)36;1-18-6-7-23(25(10-18)31(33,34)35)29(42)38-27-11-24(26(32)12-28(27)40-9-8-39(5)19(2)15-40)22-13-36-30(37-14-22)41-16-20(3)43-21(4)17-41;1-18-5-6-22(24(11-18)30(32,33)34)28(41)37-26-12-23(25(31)13-27(26)39-8-7-38(4)19(2)16-39)21-14-35-29(36-15-21)40-9-10-42-20(3)17-40/h5-6,13-17,19-20H,7-12,18H2,1-4H3,(H,39,44);6-7,10-14,19-21H,8-9,15-17H2,1-5H3,(H,38,42);5-6,11-15,19-20H,7-10,16-17H2,1-4H3,(H,37,41)/t20-;19-,20-,21+;19-,20-/m000/s1. The Morgan fingerprint density at radius 3 is 1.03 bits per heavy atom. The van der Waals surface area contributed by atoms with Crippen molar-refractivity contribution in [3.05, 3.63) is 196 Å². The number of carbonyl (C=O) groups excluding carboxylic acids is 3. The van der Waals surface area contributed by atoms with Crippen molar-refractivity contribution in [2.75, 3.05) is 184 Å². The molecule has 6 saturated heterocycles. The van der Waals surface area contributed by atoms with Gasteiger partial charge in [-0.2, -0.15) is 39.5 Å². The first-order valence-electron chi connectivity index (χ1n) is 42.8. The van der Waals surface area contributed by atoms with Crippen LogP contribution in [0.4, 0.5) is 109 Å². The number of hydrogen-bond acceptors (Lipinski definition) is 21. The summed E-state index contributed by atoms with van der Waals surface area (Å²) >= 11 is 0. The molecule has 0 spiro atoms. The predicted octanol–water partition coefficient (Wildman–Crippen LogP) is 16.2. The molecule has 3 aromatic heterocycles. The van der Waals surface area contributed by atoms with Crippen molar-refractivity contribution in [1.82, 2.24) is 49.5 Å². The van der Waals surface area contributed by atoms with Gasteiger partial charge in [-0.25, -0.2) is 47.5 Å². The predicted molar refractivity (Wildman–Crippen MR) is 472 cm³/mol. The van der Waals surface area contributed by atoms with Crippen LogP contribution in [0.25, 0.3) is 33.4 Å². The van der Waals surface area contributed by atoms with Gasteiger partial charge in [0.05, 0.1) is 92.4 Å². The maximum absolute atomic E-state index is 15.7. The van der Waals surface area contributed by atoms with Gasteiger partial charge in [0.2, 0.25) is 17.8 Å². The monoisotopic (exact) mass is 1800 g/mol. The van der Waals surface area contributed by atoms with Crippen molar-refractivity contribution in [3.8, 4) is 33.4 Å². The number of hydrogen-bond donors (Lipinski definition) is 3. The largest absolute Gasteiger partial charge is 0.417 e. The van der Waals surface area contributed by atoms with Crippen molar-refractivity contribution in [2.45, 2.75) is 130 Å². The van der Waals surface area contributed by atoms with Gasteiger partial charge in [-0.05, 0) is 169 Å². The van der Waals surface area contributed by atoms with Crippen LogP contribution in [0.2, 0.25) is 0 Å². The van der Waals surface area contributed by atoms with E-state index in [0.29, 0.717) is 160 Å². The fourth-order valence-electron chi connectivity index (χ4n) is 16.6. The molecule has 9 aromatic rings. The van der Waals surface area contributed by atoms with Gasteiger partial charge >= 0.3 is 18.5 Å². The minimum absolute atomic E-state index is 0.00636. The summed E-state index contributed by atoms with van der Waals surface area (Å²) in [5.41, 5.74) is -1.41. The van der Waals surface area contributed by atoms with Crippen LogP contribution in [0.5, 0.6) is 0 Å². The van der Waals surface area contributed by atoms with E-state index in [1.807, 2.05) is 87.2 Å². The second-order valence-corrected chi connectivity index (χ2v) is 34.2. The summed E-state index contributed by atoms with van der Waals surface area (Å²) in [7, 11) is 5.95. The van der Waals surface area contributed by atoms with E-state index in [1.165, 1.54) is 99.6 Å². The first kappa shape index (κ1) is 95.2. The Hall–Kier alpha value is -11.4. The molecule has 6 aliphatic rings. The molecule has 3 N–H and O–H groups in total. The molecule has 0 unspecified atom stereocenters. The van der Waals surface area contributed by atoms with Crippen molar-refractivity contribution < 1.29 is 80.9 Å². The van der Waals surface area contributed by atoms with Crippen molar-refractivity contribution >= 4 is 69.7 Å². The molecule has 6 fully saturated rings. The number of piperazine rings is 4. The van der Waals surface area contributed by atoms with Crippen LogP contribution in [0.15, 0.2) is 128 Å². The molecule has 0 aliphatic carbocycles. The van der Waals surface area contributed by atoms with Crippen molar-refractivity contribution in [3.63, 3.8) is 0 Å². The summed E-state index contributed by atoms with van der Waals surface area (Å²) in [6, 6.07) is 18.0. The molecule has 15 rings (SSSR count). The summed E-state index contributed by atoms with van der Waals surface area (Å²) in [6.07, 6.45) is -5.33. The maximum atomic E-state index is 15.7. The summed E-state index contributed by atoms with van der Waals surface area (Å²) in [4.78, 5) is 87.4. The van der Waals surface area contributed by atoms with E-state index in [1.54, 1.807) is 0 Å². The van der Waals surface area contributed by atoms with Crippen LogP contribution < -0.4 is 45.3 Å². The van der Waals surface area contributed by atoms with Crippen LogP contribution in [-0.2, 0) is 28.0 Å². The number of alkyl halides is 9. The number of ether oxygens (including phenoxy) is 2. The Bertz CT molecular complexity index is 5470. The number of halogens is 13. The lowest BCUT2D eigenvalue weighted by molar-refractivity contribution is -0.138. The number of anilines is 9. The molecule has 129 heavy (non-hydrogen) atoms. The maximum Gasteiger partial charge on any atom is 0.417 e. The highest BCUT2D eigenvalue weighted by Crippen LogP contribution is 2.43. The first-order valence-corrected chi connectivity index (χ1v) is 42.8. The second-order valence-electron chi connectivity index (χ2n) is 34.2. The van der Waals surface area contributed by atoms with Crippen LogP contribution in [0.1, 0.15) is 114 Å². The number of benzene rings is 6. The molecule has 0 saturated carbocycles. The third-order valence-corrected chi connectivity index (χ3v) is 24.3. The highest BCUT2D eigenvalue weighted by molar-refractivity contribution is 6.09. The van der Waals surface area contributed by atoms with Crippen LogP contribution in [0, 0.1) is 37.1 Å². The molecule has 6 aliphatic heterocycles. The number of nitrogens with one attached hydrogen (secondary N) is 3. The summed E-state index contributed by atoms with van der Waals surface area (Å²) in [5, 5.41) is 7.89. The summed E-state index contributed by atoms with van der Waals surface area (Å²) in [6.45, 7) is 30.9. The molecule has 0 bridgehead atoms. The number of aryl methyl sites for hydroxylation is 2. The van der Waals surface area contributed by atoms with Crippen LogP contribution >= 0.6 is 0 Å². The van der Waals surface area contributed by atoms with E-state index in [0.717, 1.165) is 62.6 Å². The van der Waals surface area contributed by atoms with E-state index in [9.17, 15) is 58.3 Å². The Kier molecular flexibility index (Phi) is 29.5. The average Bonchev–Trinajstić information content (AvgIpc) is 0.779. The molecule has 0 radical (unpaired) electrons. The fourth-order valence-corrected chi connectivity index (χ4v) is 16.6. The van der Waals surface area contributed by atoms with Gasteiger partial charge in [0.1, 0.15) is 23.3 Å². The molecule has 9 heterocycles. The number of carbonyl (C=O) groups is 3. The SMILES string of the molecule is CC(C)N1CCN(c2ncc(-c3cc(NC(=O)c4ccc(F)cc4C(F)(F)F)c(N4CCN(C)[C@@H](C)C4)cc3F)cn2)CC1.Cc1ccc(C(=O)Nc2cc(-c3cnc(N4CCO[C@@H](C)C4)nc3)c(F)cc2N2CCN(C)[C@@H](C)C2)c(C(F)(F)F)c1.Cc1ccc(C(=O)Nc2cc(-c3cnc(N4C[C@@H](C)O[C@@H](C)C4)nc3)c(F)cc2N2CCN(C)[C@@H](C)C2)c(C(F)(F)F)c1. The van der Waals surface area contributed by atoms with Gasteiger partial charge in [-0.1, -0.05) is 23.3 Å². The van der Waals surface area contributed by atoms with Crippen molar-refractivity contribution in [2.24, 2.45) is 0 Å². The number of likely N-dealkylation sites (N-methyl/N-ethyl adjacent to an activating group) is 3. The minimum Gasteiger partial charge on any atom is -0.375 e. The number of aromatic nitrogens is 6. The van der Waals surface area contributed by atoms with E-state index in [4.69, 9.17) is 9.47 Å². The fraction of sp³-hybridized carbons (Fsp3) is 0.446. The van der Waals surface area contributed by atoms with E-state index >= 15 is 13.2 Å². The number of morpholine rings is 2. The smallest absolute Gasteiger partial charge is 0.375 e. The zero-order chi connectivity index (χ0) is 93.0. The molecular weight excluding hydrogens is 1700 g/mol. The van der Waals surface area contributed by atoms with Crippen molar-refractivity contribution in [1.29, 1.82) is 0 Å². The highest BCUT2D eigenvalue weighted by atomic mass is 19.4. The van der Waals surface area contributed by atoms with Gasteiger partial charge < -0.3 is 69.5 Å². The molecule has 6 aromatic carbocycles. The second kappa shape index (κ2) is 39.9. The highest BCUT2D eigenvalue weighted by Gasteiger charge is 2.41. The molecule has 37 heteroatoms. The Balaban J connectivity index is 0.000000165. The van der Waals surface area contributed by atoms with E-state index in [-0.39, 0.29) is 76.3 Å². The lowest BCUT2D eigenvalue weighted by Gasteiger charge is -2.39. The summed E-state index contributed by atoms with van der Waals surface area (Å²) in [5.74, 6) is -4.29. The van der Waals surface area contributed by atoms with Crippen LogP contribution in [0.3, 0.4) is 0 Å². The zero-order valence-electron chi connectivity index (χ0n) is 74.0. The van der Waals surface area contributed by atoms with E-state index < -0.39 is 92.9 Å². The summed E-state index contributed by atoms with van der Waals surface area (Å²) < 4.78 is 196. The first-order chi connectivity index (χ1) is 61.0. The lowest BCUT2D eigenvalue weighted by atomic mass is 10.0. The van der Waals surface area contributed by atoms with Gasteiger partial charge in [-0.15, -0.1) is 0 Å². The molecule has 6 atom stereocenters. The Labute approximate surface area is 740 Å². The molecule has 24 nitrogen and oxygen atoms in total. The van der Waals surface area contributed by atoms with Gasteiger partial charge in [-0.3, -0.25) is 19.3 Å². The number of rotatable bonds is 16. The molecule has 690 valence electrons. The minimum atomic E-state index is -4.96. The lowest BCUT2D eigenvalue weighted by Crippen LogP contribution is -2.50. The zero-order valence-corrected chi connectivity index (χ0v) is 74.0. The topological polar surface area (TPSA) is 216 Å². The third-order valence-electron chi connectivity index (χ3n) is 24.3. The molecule has 3 amide bonds. The molecular formula is C92H106F13N19O5. The number of nitrogens with zero attached hydrogens (tertiary/aromatic N) is 16. The van der Waals surface area contributed by atoms with Gasteiger partial charge in [0.25, 0.3) is 17.7 Å². The Morgan fingerprint density at radius 1 is 0.380 bits per heavy atom. The quantitative estimate of drug-likeness (QED) is 0.0767. The van der Waals surface area contributed by atoms with Gasteiger partial charge in [0, 0.05) is 206 Å². The van der Waals surface area contributed by atoms with Crippen LogP contribution in [-0.4, -0.2) is 249 Å². The van der Waals surface area contributed by atoms with Gasteiger partial charge in [0.15, 0.2) is 0 Å².